The number of hydrogen-bond donors (Lipinski definition) is 2. The number of nitro benzene ring substituents is 1. The van der Waals surface area contributed by atoms with Gasteiger partial charge in [0, 0.05) is 56.4 Å². The zero-order valence-electron chi connectivity index (χ0n) is 23.4. The number of nitrogens with one attached hydrogen (secondary N) is 2. The topological polar surface area (TPSA) is 145 Å². The molecule has 0 aliphatic carbocycles. The maximum atomic E-state index is 13.4. The molecule has 12 nitrogen and oxygen atoms in total. The molecule has 0 bridgehead atoms. The highest BCUT2D eigenvalue weighted by atomic mass is 32.2. The smallest absolute Gasteiger partial charge is 0.296 e. The van der Waals surface area contributed by atoms with Crippen molar-refractivity contribution in [3.8, 4) is 0 Å². The lowest BCUT2D eigenvalue weighted by atomic mass is 10.00. The van der Waals surface area contributed by atoms with Gasteiger partial charge in [-0.2, -0.15) is 5.10 Å². The molecule has 0 radical (unpaired) electrons. The number of nitrogens with zero attached hydrogens (tertiary/aromatic N) is 5. The molecule has 2 fully saturated rings. The van der Waals surface area contributed by atoms with Crippen molar-refractivity contribution in [1.82, 2.24) is 24.4 Å². The molecule has 220 valence electrons. The highest BCUT2D eigenvalue weighted by Crippen LogP contribution is 2.36. The summed E-state index contributed by atoms with van der Waals surface area (Å²) in [5.41, 5.74) is 2.38. The van der Waals surface area contributed by atoms with E-state index in [-0.39, 0.29) is 34.3 Å². The van der Waals surface area contributed by atoms with E-state index in [2.05, 4.69) is 25.0 Å². The second-order valence-corrected chi connectivity index (χ2v) is 12.5. The third-order valence-electron chi connectivity index (χ3n) is 8.06. The number of rotatable bonds is 10. The highest BCUT2D eigenvalue weighted by molar-refractivity contribution is 7.89. The predicted octanol–water partition coefficient (Wildman–Crippen LogP) is 3.35. The molecule has 1 aromatic carbocycles. The number of ether oxygens (including phenoxy) is 1. The van der Waals surface area contributed by atoms with E-state index in [0.29, 0.717) is 38.0 Å². The van der Waals surface area contributed by atoms with E-state index < -0.39 is 14.9 Å². The van der Waals surface area contributed by atoms with Gasteiger partial charge in [0.25, 0.3) is 5.69 Å². The monoisotopic (exact) mass is 583 g/mol. The summed E-state index contributed by atoms with van der Waals surface area (Å²) in [4.78, 5) is 18.0. The Kier molecular flexibility index (Phi) is 8.97. The first kappa shape index (κ1) is 29.1. The van der Waals surface area contributed by atoms with Crippen LogP contribution in [0.2, 0.25) is 0 Å². The molecule has 2 aromatic heterocycles. The molecule has 2 aliphatic heterocycles. The van der Waals surface area contributed by atoms with Crippen LogP contribution in [-0.4, -0.2) is 71.3 Å². The Morgan fingerprint density at radius 1 is 1.07 bits per heavy atom. The number of pyridine rings is 1. The third kappa shape index (κ3) is 6.92. The van der Waals surface area contributed by atoms with Gasteiger partial charge in [-0.15, -0.1) is 0 Å². The van der Waals surface area contributed by atoms with Crippen molar-refractivity contribution in [2.45, 2.75) is 62.1 Å². The Morgan fingerprint density at radius 3 is 2.51 bits per heavy atom. The fourth-order valence-corrected chi connectivity index (χ4v) is 7.32. The van der Waals surface area contributed by atoms with E-state index in [0.717, 1.165) is 31.7 Å². The average Bonchev–Trinajstić information content (AvgIpc) is 3.39. The summed E-state index contributed by atoms with van der Waals surface area (Å²) in [6.07, 6.45) is 8.66. The minimum Gasteiger partial charge on any atom is -0.377 e. The number of nitro groups is 1. The van der Waals surface area contributed by atoms with Crippen LogP contribution < -0.4 is 10.0 Å². The summed E-state index contributed by atoms with van der Waals surface area (Å²) in [6, 6.07) is 8.59. The first-order chi connectivity index (χ1) is 19.7. The van der Waals surface area contributed by atoms with E-state index in [4.69, 9.17) is 4.74 Å². The zero-order chi connectivity index (χ0) is 29.0. The zero-order valence-corrected chi connectivity index (χ0v) is 24.2. The molecule has 5 rings (SSSR count). The maximum Gasteiger partial charge on any atom is 0.296 e. The first-order valence-electron chi connectivity index (χ1n) is 14.0. The van der Waals surface area contributed by atoms with Gasteiger partial charge < -0.3 is 15.0 Å². The summed E-state index contributed by atoms with van der Waals surface area (Å²) < 4.78 is 37.3. The Bertz CT molecular complexity index is 1460. The van der Waals surface area contributed by atoms with Crippen molar-refractivity contribution in [2.75, 3.05) is 31.6 Å². The quantitative estimate of drug-likeness (QED) is 0.271. The highest BCUT2D eigenvalue weighted by Gasteiger charge is 2.32. The summed E-state index contributed by atoms with van der Waals surface area (Å²) in [7, 11) is -2.10. The van der Waals surface area contributed by atoms with Gasteiger partial charge in [-0.3, -0.25) is 19.8 Å². The first-order valence-corrected chi connectivity index (χ1v) is 15.5. The van der Waals surface area contributed by atoms with Crippen LogP contribution in [0.5, 0.6) is 0 Å². The lowest BCUT2D eigenvalue weighted by molar-refractivity contribution is -0.384. The van der Waals surface area contributed by atoms with E-state index in [1.807, 2.05) is 25.2 Å². The predicted molar refractivity (Wildman–Crippen MR) is 154 cm³/mol. The fraction of sp³-hybridized carbons (Fsp3) is 0.500. The van der Waals surface area contributed by atoms with Gasteiger partial charge in [-0.25, -0.2) is 13.1 Å². The maximum absolute atomic E-state index is 13.4. The van der Waals surface area contributed by atoms with Gasteiger partial charge in [-0.1, -0.05) is 0 Å². The van der Waals surface area contributed by atoms with E-state index >= 15 is 0 Å². The van der Waals surface area contributed by atoms with Crippen LogP contribution in [0.15, 0.2) is 53.8 Å². The SMILES string of the molecule is Cc1c(S(=O)(=O)NC2CCN(CCc3ccncc3)CC2)ccc(NC2CCOC(c3ccnn3C)C2)c1[N+](=O)[O-]. The van der Waals surface area contributed by atoms with Gasteiger partial charge in [0.15, 0.2) is 0 Å². The number of piperidine rings is 1. The molecule has 2 unspecified atom stereocenters. The number of likely N-dealkylation sites (tertiary alicyclic amines) is 1. The number of benzene rings is 1. The Labute approximate surface area is 240 Å². The van der Waals surface area contributed by atoms with Crippen LogP contribution in [0.4, 0.5) is 11.4 Å². The summed E-state index contributed by atoms with van der Waals surface area (Å²) in [5, 5.41) is 19.7. The molecule has 2 saturated heterocycles. The number of aryl methyl sites for hydroxylation is 1. The third-order valence-corrected chi connectivity index (χ3v) is 9.73. The minimum absolute atomic E-state index is 0.0606. The van der Waals surface area contributed by atoms with Crippen molar-refractivity contribution in [3.63, 3.8) is 0 Å². The Morgan fingerprint density at radius 2 is 1.83 bits per heavy atom. The molecule has 2 atom stereocenters. The summed E-state index contributed by atoms with van der Waals surface area (Å²) in [6.45, 7) is 4.47. The molecule has 0 amide bonds. The van der Waals surface area contributed by atoms with Crippen LogP contribution in [-0.2, 0) is 28.2 Å². The van der Waals surface area contributed by atoms with Gasteiger partial charge in [0.05, 0.1) is 15.5 Å². The second kappa shape index (κ2) is 12.6. The number of aromatic nitrogens is 3. The molecule has 3 aromatic rings. The van der Waals surface area contributed by atoms with Crippen LogP contribution in [0.1, 0.15) is 48.6 Å². The average molecular weight is 584 g/mol. The fourth-order valence-electron chi connectivity index (χ4n) is 5.77. The van der Waals surface area contributed by atoms with Crippen LogP contribution in [0.3, 0.4) is 0 Å². The minimum atomic E-state index is -3.95. The molecule has 41 heavy (non-hydrogen) atoms. The molecule has 4 heterocycles. The van der Waals surface area contributed by atoms with Crippen molar-refractivity contribution in [1.29, 1.82) is 0 Å². The van der Waals surface area contributed by atoms with Crippen molar-refractivity contribution in [2.24, 2.45) is 7.05 Å². The van der Waals surface area contributed by atoms with Gasteiger partial charge >= 0.3 is 0 Å². The number of anilines is 1. The Balaban J connectivity index is 1.23. The second-order valence-electron chi connectivity index (χ2n) is 10.8. The molecule has 0 spiro atoms. The van der Waals surface area contributed by atoms with E-state index in [1.54, 1.807) is 23.3 Å². The number of sulfonamides is 1. The van der Waals surface area contributed by atoms with Crippen LogP contribution >= 0.6 is 0 Å². The van der Waals surface area contributed by atoms with Crippen molar-refractivity contribution >= 4 is 21.4 Å². The van der Waals surface area contributed by atoms with Gasteiger partial charge in [-0.05, 0) is 88.0 Å². The van der Waals surface area contributed by atoms with E-state index in [1.165, 1.54) is 24.6 Å². The molecular weight excluding hydrogens is 546 g/mol. The lowest BCUT2D eigenvalue weighted by Crippen LogP contribution is -2.45. The molecular formula is C28H37N7O5S. The Hall–Kier alpha value is -3.39. The van der Waals surface area contributed by atoms with E-state index in [9.17, 15) is 18.5 Å². The van der Waals surface area contributed by atoms with Crippen molar-refractivity contribution in [3.05, 3.63) is 75.9 Å². The van der Waals surface area contributed by atoms with Gasteiger partial charge in [0.1, 0.15) is 11.8 Å². The number of hydrogen-bond acceptors (Lipinski definition) is 9. The van der Waals surface area contributed by atoms with Crippen LogP contribution in [0, 0.1) is 17.0 Å². The van der Waals surface area contributed by atoms with Crippen LogP contribution in [0.25, 0.3) is 0 Å². The normalized spacial score (nSPS) is 20.6. The van der Waals surface area contributed by atoms with Gasteiger partial charge in [0.2, 0.25) is 10.0 Å². The largest absolute Gasteiger partial charge is 0.377 e. The van der Waals surface area contributed by atoms with Crippen molar-refractivity contribution < 1.29 is 18.1 Å². The summed E-state index contributed by atoms with van der Waals surface area (Å²) in [5.74, 6) is 0. The molecule has 13 heteroatoms. The summed E-state index contributed by atoms with van der Waals surface area (Å²) >= 11 is 0. The molecule has 2 N–H and O–H groups in total. The molecule has 0 saturated carbocycles. The molecule has 2 aliphatic rings. The lowest BCUT2D eigenvalue weighted by Gasteiger charge is -2.32. The standard InChI is InChI=1S/C28H37N7O5S/c1-20-27(41(38,39)32-22-9-16-34(17-10-22)15-8-21-5-12-29-13-6-21)4-3-24(28(20)35(36)37)31-23-11-18-40-26(19-23)25-7-14-30-33(25)2/h3-7,12-14,22-23,26,31-32H,8-11,15-19H2,1-2H3.